The predicted molar refractivity (Wildman–Crippen MR) is 90.7 cm³/mol. The first kappa shape index (κ1) is 17.2. The molecule has 1 aromatic heterocycles. The minimum atomic E-state index is -3.79. The van der Waals surface area contributed by atoms with Gasteiger partial charge in [0.1, 0.15) is 16.5 Å². The van der Waals surface area contributed by atoms with E-state index in [1.54, 1.807) is 24.5 Å². The van der Waals surface area contributed by atoms with Crippen molar-refractivity contribution in [3.63, 3.8) is 0 Å². The quantitative estimate of drug-likeness (QED) is 0.880. The van der Waals surface area contributed by atoms with Crippen LogP contribution in [0.3, 0.4) is 0 Å². The van der Waals surface area contributed by atoms with E-state index in [4.69, 9.17) is 16.3 Å². The van der Waals surface area contributed by atoms with E-state index in [2.05, 4.69) is 10.3 Å². The molecule has 0 amide bonds. The Balaban J connectivity index is 2.07. The third kappa shape index (κ3) is 3.02. The fourth-order valence-corrected chi connectivity index (χ4v) is 4.88. The number of nitrogens with one attached hydrogen (secondary N) is 1. The van der Waals surface area contributed by atoms with Crippen LogP contribution in [0.5, 0.6) is 5.75 Å². The fraction of sp³-hybridized carbons (Fsp3) is 0.400. The normalized spacial score (nSPS) is 19.4. The average Bonchev–Trinajstić information content (AvgIpc) is 3.00. The number of piperazine rings is 1. The van der Waals surface area contributed by atoms with Gasteiger partial charge in [0.2, 0.25) is 10.0 Å². The molecule has 0 bridgehead atoms. The second-order valence-electron chi connectivity index (χ2n) is 5.53. The number of ether oxygens (including phenoxy) is 1. The molecule has 1 unspecified atom stereocenters. The minimum Gasteiger partial charge on any atom is -0.495 e. The maximum Gasteiger partial charge on any atom is 0.247 e. The van der Waals surface area contributed by atoms with Crippen molar-refractivity contribution < 1.29 is 13.2 Å². The number of hydrogen-bond acceptors (Lipinski definition) is 5. The lowest BCUT2D eigenvalue weighted by Gasteiger charge is -2.34. The summed E-state index contributed by atoms with van der Waals surface area (Å²) in [5, 5.41) is 3.57. The molecule has 7 nitrogen and oxygen atoms in total. The largest absolute Gasteiger partial charge is 0.495 e. The molecule has 24 heavy (non-hydrogen) atoms. The van der Waals surface area contributed by atoms with Crippen LogP contribution in [0.1, 0.15) is 11.9 Å². The maximum absolute atomic E-state index is 13.3. The SMILES string of the molecule is COc1ccc(Cl)cc1S(=O)(=O)N1CCNCC1c1nccn1C. The van der Waals surface area contributed by atoms with Gasteiger partial charge in [0.25, 0.3) is 0 Å². The summed E-state index contributed by atoms with van der Waals surface area (Å²) in [4.78, 5) is 4.38. The molecule has 9 heteroatoms. The molecule has 0 aliphatic carbocycles. The van der Waals surface area contributed by atoms with Crippen molar-refractivity contribution in [2.45, 2.75) is 10.9 Å². The molecule has 0 saturated carbocycles. The lowest BCUT2D eigenvalue weighted by molar-refractivity contribution is 0.257. The van der Waals surface area contributed by atoms with E-state index < -0.39 is 16.1 Å². The zero-order chi connectivity index (χ0) is 17.3. The standard InChI is InChI=1S/C15H19ClN4O3S/c1-19-7-6-18-15(19)12-10-17-5-8-20(12)24(21,22)14-9-11(16)3-4-13(14)23-2/h3-4,6-7,9,12,17H,5,8,10H2,1-2H3. The summed E-state index contributed by atoms with van der Waals surface area (Å²) < 4.78 is 35.0. The number of aryl methyl sites for hydroxylation is 1. The van der Waals surface area contributed by atoms with Crippen molar-refractivity contribution in [2.75, 3.05) is 26.7 Å². The monoisotopic (exact) mass is 370 g/mol. The number of hydrogen-bond donors (Lipinski definition) is 1. The first-order chi connectivity index (χ1) is 11.4. The van der Waals surface area contributed by atoms with E-state index in [9.17, 15) is 8.42 Å². The molecule has 1 aliphatic rings. The van der Waals surface area contributed by atoms with Gasteiger partial charge in [0.05, 0.1) is 13.2 Å². The Hall–Kier alpha value is -1.61. The Morgan fingerprint density at radius 1 is 1.42 bits per heavy atom. The van der Waals surface area contributed by atoms with Crippen LogP contribution in [0.15, 0.2) is 35.5 Å². The van der Waals surface area contributed by atoms with Crippen LogP contribution in [-0.4, -0.2) is 49.0 Å². The van der Waals surface area contributed by atoms with Gasteiger partial charge >= 0.3 is 0 Å². The number of rotatable bonds is 4. The number of sulfonamides is 1. The number of aromatic nitrogens is 2. The molecule has 1 aromatic carbocycles. The summed E-state index contributed by atoms with van der Waals surface area (Å²) in [6, 6.07) is 4.20. The molecule has 1 atom stereocenters. The summed E-state index contributed by atoms with van der Waals surface area (Å²) in [6.07, 6.45) is 3.46. The Labute approximate surface area is 146 Å². The Kier molecular flexibility index (Phi) is 4.82. The van der Waals surface area contributed by atoms with Crippen LogP contribution in [0, 0.1) is 0 Å². The summed E-state index contributed by atoms with van der Waals surface area (Å²) >= 11 is 6.01. The first-order valence-corrected chi connectivity index (χ1v) is 9.30. The van der Waals surface area contributed by atoms with Crippen molar-refractivity contribution in [1.82, 2.24) is 19.2 Å². The van der Waals surface area contributed by atoms with E-state index in [0.29, 0.717) is 30.5 Å². The smallest absolute Gasteiger partial charge is 0.247 e. The number of benzene rings is 1. The number of halogens is 1. The molecule has 2 heterocycles. The lowest BCUT2D eigenvalue weighted by Crippen LogP contribution is -2.49. The topological polar surface area (TPSA) is 76.5 Å². The van der Waals surface area contributed by atoms with Crippen LogP contribution in [0.25, 0.3) is 0 Å². The van der Waals surface area contributed by atoms with E-state index in [0.717, 1.165) is 0 Å². The van der Waals surface area contributed by atoms with E-state index in [-0.39, 0.29) is 10.6 Å². The van der Waals surface area contributed by atoms with Crippen LogP contribution < -0.4 is 10.1 Å². The zero-order valence-electron chi connectivity index (χ0n) is 13.4. The highest BCUT2D eigenvalue weighted by Gasteiger charge is 2.37. The summed E-state index contributed by atoms with van der Waals surface area (Å²) in [7, 11) is -0.499. The van der Waals surface area contributed by atoms with Crippen molar-refractivity contribution >= 4 is 21.6 Å². The Bertz CT molecular complexity index is 837. The van der Waals surface area contributed by atoms with Gasteiger partial charge in [-0.05, 0) is 18.2 Å². The molecule has 2 aromatic rings. The highest BCUT2D eigenvalue weighted by atomic mass is 35.5. The second-order valence-corrected chi connectivity index (χ2v) is 7.82. The van der Waals surface area contributed by atoms with E-state index >= 15 is 0 Å². The summed E-state index contributed by atoms with van der Waals surface area (Å²) in [5.41, 5.74) is 0. The summed E-state index contributed by atoms with van der Waals surface area (Å²) in [6.45, 7) is 1.41. The molecule has 0 radical (unpaired) electrons. The van der Waals surface area contributed by atoms with Gasteiger partial charge in [0, 0.05) is 44.1 Å². The highest BCUT2D eigenvalue weighted by Crippen LogP contribution is 2.34. The minimum absolute atomic E-state index is 0.0682. The third-order valence-corrected chi connectivity index (χ3v) is 6.23. The van der Waals surface area contributed by atoms with Gasteiger partial charge in [-0.15, -0.1) is 0 Å². The van der Waals surface area contributed by atoms with E-state index in [1.165, 1.54) is 17.5 Å². The predicted octanol–water partition coefficient (Wildman–Crippen LogP) is 1.42. The first-order valence-electron chi connectivity index (χ1n) is 7.48. The molecular formula is C15H19ClN4O3S. The molecule has 1 N–H and O–H groups in total. The van der Waals surface area contributed by atoms with Gasteiger partial charge in [-0.3, -0.25) is 0 Å². The molecule has 130 valence electrons. The molecular weight excluding hydrogens is 352 g/mol. The Morgan fingerprint density at radius 2 is 2.21 bits per heavy atom. The van der Waals surface area contributed by atoms with E-state index in [1.807, 2.05) is 11.6 Å². The molecule has 1 saturated heterocycles. The fourth-order valence-electron chi connectivity index (χ4n) is 2.87. The number of imidazole rings is 1. The van der Waals surface area contributed by atoms with Crippen molar-refractivity contribution in [1.29, 1.82) is 0 Å². The molecule has 1 fully saturated rings. The van der Waals surface area contributed by atoms with Crippen molar-refractivity contribution in [3.05, 3.63) is 41.4 Å². The van der Waals surface area contributed by atoms with Gasteiger partial charge in [-0.25, -0.2) is 13.4 Å². The van der Waals surface area contributed by atoms with Gasteiger partial charge in [-0.1, -0.05) is 11.6 Å². The second kappa shape index (κ2) is 6.72. The van der Waals surface area contributed by atoms with Gasteiger partial charge in [-0.2, -0.15) is 4.31 Å². The van der Waals surface area contributed by atoms with Crippen LogP contribution in [-0.2, 0) is 17.1 Å². The lowest BCUT2D eigenvalue weighted by atomic mass is 10.2. The average molecular weight is 371 g/mol. The van der Waals surface area contributed by atoms with Crippen LogP contribution in [0.4, 0.5) is 0 Å². The van der Waals surface area contributed by atoms with Crippen molar-refractivity contribution in [3.8, 4) is 5.75 Å². The maximum atomic E-state index is 13.3. The Morgan fingerprint density at radius 3 is 2.88 bits per heavy atom. The number of methoxy groups -OCH3 is 1. The van der Waals surface area contributed by atoms with Crippen LogP contribution >= 0.6 is 11.6 Å². The molecule has 1 aliphatic heterocycles. The zero-order valence-corrected chi connectivity index (χ0v) is 15.0. The van der Waals surface area contributed by atoms with Gasteiger partial charge in [0.15, 0.2) is 0 Å². The molecule has 0 spiro atoms. The molecule has 3 rings (SSSR count). The summed E-state index contributed by atoms with van der Waals surface area (Å²) in [5.74, 6) is 0.961. The highest BCUT2D eigenvalue weighted by molar-refractivity contribution is 7.89. The van der Waals surface area contributed by atoms with Crippen molar-refractivity contribution in [2.24, 2.45) is 7.05 Å². The van der Waals surface area contributed by atoms with Crippen LogP contribution in [0.2, 0.25) is 5.02 Å². The van der Waals surface area contributed by atoms with Gasteiger partial charge < -0.3 is 14.6 Å². The number of nitrogens with zero attached hydrogens (tertiary/aromatic N) is 3. The third-order valence-electron chi connectivity index (χ3n) is 4.06.